The monoisotopic (exact) mass is 203 g/mol. The van der Waals surface area contributed by atoms with Crippen LogP contribution in [0.1, 0.15) is 0 Å². The molecular formula is C8H17N3OS. The van der Waals surface area contributed by atoms with E-state index in [0.717, 1.165) is 18.1 Å². The third-order valence-corrected chi connectivity index (χ3v) is 2.35. The average Bonchev–Trinajstić information content (AvgIpc) is 2.10. The second kappa shape index (κ2) is 8.10. The highest BCUT2D eigenvalue weighted by Crippen LogP contribution is 1.96. The third kappa shape index (κ3) is 7.83. The molecule has 0 saturated carbocycles. The number of amides is 1. The summed E-state index contributed by atoms with van der Waals surface area (Å²) in [6.45, 7) is 4.89. The predicted molar refractivity (Wildman–Crippen MR) is 57.6 cm³/mol. The first-order valence-electron chi connectivity index (χ1n) is 4.12. The SMILES string of the molecule is C=CCSCCNCC(N)C(N)=O. The second-order valence-corrected chi connectivity index (χ2v) is 3.73. The van der Waals surface area contributed by atoms with Crippen molar-refractivity contribution in [1.82, 2.24) is 5.32 Å². The van der Waals surface area contributed by atoms with E-state index >= 15 is 0 Å². The summed E-state index contributed by atoms with van der Waals surface area (Å²) in [4.78, 5) is 10.5. The van der Waals surface area contributed by atoms with Crippen LogP contribution in [0.3, 0.4) is 0 Å². The highest BCUT2D eigenvalue weighted by atomic mass is 32.2. The lowest BCUT2D eigenvalue weighted by Crippen LogP contribution is -2.44. The van der Waals surface area contributed by atoms with E-state index in [2.05, 4.69) is 11.9 Å². The van der Waals surface area contributed by atoms with Crippen LogP contribution >= 0.6 is 11.8 Å². The molecule has 0 aliphatic heterocycles. The van der Waals surface area contributed by atoms with Gasteiger partial charge < -0.3 is 16.8 Å². The topological polar surface area (TPSA) is 81.1 Å². The molecule has 1 unspecified atom stereocenters. The number of rotatable bonds is 8. The molecule has 0 aliphatic rings. The minimum absolute atomic E-state index is 0.448. The van der Waals surface area contributed by atoms with Gasteiger partial charge in [0.25, 0.3) is 0 Å². The Kier molecular flexibility index (Phi) is 7.77. The van der Waals surface area contributed by atoms with Gasteiger partial charge in [0.2, 0.25) is 5.91 Å². The Morgan fingerprint density at radius 3 is 2.92 bits per heavy atom. The normalized spacial score (nSPS) is 12.4. The number of carbonyl (C=O) groups is 1. The van der Waals surface area contributed by atoms with Gasteiger partial charge in [-0.05, 0) is 0 Å². The maximum Gasteiger partial charge on any atom is 0.235 e. The van der Waals surface area contributed by atoms with E-state index in [1.54, 1.807) is 11.8 Å². The van der Waals surface area contributed by atoms with Crippen molar-refractivity contribution in [2.24, 2.45) is 11.5 Å². The van der Waals surface area contributed by atoms with Gasteiger partial charge in [-0.2, -0.15) is 11.8 Å². The molecule has 5 N–H and O–H groups in total. The van der Waals surface area contributed by atoms with Crippen LogP contribution in [0.25, 0.3) is 0 Å². The molecule has 0 aliphatic carbocycles. The zero-order valence-corrected chi connectivity index (χ0v) is 8.48. The van der Waals surface area contributed by atoms with Gasteiger partial charge in [-0.3, -0.25) is 4.79 Å². The second-order valence-electron chi connectivity index (χ2n) is 2.58. The van der Waals surface area contributed by atoms with Crippen LogP contribution < -0.4 is 16.8 Å². The third-order valence-electron chi connectivity index (χ3n) is 1.39. The number of hydrogen-bond acceptors (Lipinski definition) is 4. The molecule has 1 amide bonds. The summed E-state index contributed by atoms with van der Waals surface area (Å²) < 4.78 is 0. The van der Waals surface area contributed by atoms with Crippen LogP contribution in [-0.4, -0.2) is 36.5 Å². The van der Waals surface area contributed by atoms with E-state index in [9.17, 15) is 4.79 Å². The molecule has 0 aromatic carbocycles. The number of hydrogen-bond donors (Lipinski definition) is 3. The fraction of sp³-hybridized carbons (Fsp3) is 0.625. The van der Waals surface area contributed by atoms with Gasteiger partial charge in [-0.1, -0.05) is 6.08 Å². The van der Waals surface area contributed by atoms with Crippen LogP contribution in [0.4, 0.5) is 0 Å². The molecule has 0 aromatic heterocycles. The number of primary amides is 1. The number of nitrogens with one attached hydrogen (secondary N) is 1. The Bertz CT molecular complexity index is 163. The zero-order valence-electron chi connectivity index (χ0n) is 7.66. The summed E-state index contributed by atoms with van der Waals surface area (Å²) in [5.41, 5.74) is 10.4. The van der Waals surface area contributed by atoms with Crippen LogP contribution in [-0.2, 0) is 4.79 Å². The first kappa shape index (κ1) is 12.5. The lowest BCUT2D eigenvalue weighted by molar-refractivity contribution is -0.119. The van der Waals surface area contributed by atoms with Crippen molar-refractivity contribution in [2.45, 2.75) is 6.04 Å². The highest BCUT2D eigenvalue weighted by Gasteiger charge is 2.06. The molecule has 0 heterocycles. The van der Waals surface area contributed by atoms with Crippen LogP contribution in [0.5, 0.6) is 0 Å². The standard InChI is InChI=1S/C8H17N3OS/c1-2-4-13-5-3-11-6-7(9)8(10)12/h2,7,11H,1,3-6,9H2,(H2,10,12). The molecule has 0 aromatic rings. The predicted octanol–water partition coefficient (Wildman–Crippen LogP) is -0.692. The van der Waals surface area contributed by atoms with E-state index in [0.29, 0.717) is 6.54 Å². The van der Waals surface area contributed by atoms with Crippen molar-refractivity contribution in [2.75, 3.05) is 24.6 Å². The van der Waals surface area contributed by atoms with Crippen molar-refractivity contribution in [3.8, 4) is 0 Å². The Hall–Kier alpha value is -0.520. The summed E-state index contributed by atoms with van der Waals surface area (Å²) in [6, 6.07) is -0.579. The minimum atomic E-state index is -0.579. The smallest absolute Gasteiger partial charge is 0.235 e. The summed E-state index contributed by atoms with van der Waals surface area (Å²) >= 11 is 1.78. The van der Waals surface area contributed by atoms with E-state index < -0.39 is 11.9 Å². The first-order chi connectivity index (χ1) is 6.18. The molecular weight excluding hydrogens is 186 g/mol. The fourth-order valence-electron chi connectivity index (χ4n) is 0.669. The number of thioether (sulfide) groups is 1. The summed E-state index contributed by atoms with van der Waals surface area (Å²) in [5, 5.41) is 3.04. The fourth-order valence-corrected chi connectivity index (χ4v) is 1.29. The molecule has 0 rings (SSSR count). The molecule has 5 heteroatoms. The lowest BCUT2D eigenvalue weighted by Gasteiger charge is -2.08. The Labute approximate surface area is 83.1 Å². The van der Waals surface area contributed by atoms with Gasteiger partial charge >= 0.3 is 0 Å². The quantitative estimate of drug-likeness (QED) is 0.360. The number of carbonyl (C=O) groups excluding carboxylic acids is 1. The summed E-state index contributed by atoms with van der Waals surface area (Å²) in [7, 11) is 0. The molecule has 0 spiro atoms. The van der Waals surface area contributed by atoms with Crippen molar-refractivity contribution in [3.05, 3.63) is 12.7 Å². The van der Waals surface area contributed by atoms with Crippen LogP contribution in [0.15, 0.2) is 12.7 Å². The maximum atomic E-state index is 10.5. The molecule has 0 saturated heterocycles. The Balaban J connectivity index is 3.15. The first-order valence-corrected chi connectivity index (χ1v) is 5.28. The number of nitrogens with two attached hydrogens (primary N) is 2. The lowest BCUT2D eigenvalue weighted by atomic mass is 10.3. The largest absolute Gasteiger partial charge is 0.368 e. The van der Waals surface area contributed by atoms with Crippen LogP contribution in [0, 0.1) is 0 Å². The molecule has 4 nitrogen and oxygen atoms in total. The Morgan fingerprint density at radius 2 is 2.38 bits per heavy atom. The zero-order chi connectivity index (χ0) is 10.1. The van der Waals surface area contributed by atoms with Gasteiger partial charge in [0.05, 0.1) is 6.04 Å². The highest BCUT2D eigenvalue weighted by molar-refractivity contribution is 7.99. The van der Waals surface area contributed by atoms with Crippen LogP contribution in [0.2, 0.25) is 0 Å². The minimum Gasteiger partial charge on any atom is -0.368 e. The van der Waals surface area contributed by atoms with Gasteiger partial charge in [0.1, 0.15) is 0 Å². The Morgan fingerprint density at radius 1 is 1.69 bits per heavy atom. The van der Waals surface area contributed by atoms with Gasteiger partial charge in [-0.15, -0.1) is 6.58 Å². The average molecular weight is 203 g/mol. The van der Waals surface area contributed by atoms with Gasteiger partial charge in [0.15, 0.2) is 0 Å². The summed E-state index contributed by atoms with van der Waals surface area (Å²) in [5.74, 6) is 1.47. The summed E-state index contributed by atoms with van der Waals surface area (Å²) in [6.07, 6.45) is 1.86. The van der Waals surface area contributed by atoms with Gasteiger partial charge in [-0.25, -0.2) is 0 Å². The van der Waals surface area contributed by atoms with Crippen molar-refractivity contribution in [3.63, 3.8) is 0 Å². The molecule has 0 fully saturated rings. The molecule has 13 heavy (non-hydrogen) atoms. The molecule has 1 atom stereocenters. The molecule has 76 valence electrons. The van der Waals surface area contributed by atoms with E-state index in [1.165, 1.54) is 0 Å². The van der Waals surface area contributed by atoms with Crippen molar-refractivity contribution < 1.29 is 4.79 Å². The van der Waals surface area contributed by atoms with Crippen molar-refractivity contribution >= 4 is 17.7 Å². The van der Waals surface area contributed by atoms with Gasteiger partial charge in [0, 0.05) is 24.6 Å². The molecule has 0 bridgehead atoms. The maximum absolute atomic E-state index is 10.5. The van der Waals surface area contributed by atoms with E-state index in [-0.39, 0.29) is 0 Å². The van der Waals surface area contributed by atoms with E-state index in [1.807, 2.05) is 6.08 Å². The molecule has 0 radical (unpaired) electrons. The van der Waals surface area contributed by atoms with Crippen molar-refractivity contribution in [1.29, 1.82) is 0 Å². The van der Waals surface area contributed by atoms with E-state index in [4.69, 9.17) is 11.5 Å².